The van der Waals surface area contributed by atoms with Gasteiger partial charge in [-0.25, -0.2) is 13.2 Å². The second-order valence-corrected chi connectivity index (χ2v) is 5.52. The number of halogens is 3. The minimum atomic E-state index is -1.08. The van der Waals surface area contributed by atoms with Gasteiger partial charge in [0.15, 0.2) is 11.6 Å². The van der Waals surface area contributed by atoms with Crippen LogP contribution in [0.5, 0.6) is 0 Å². The molecule has 2 N–H and O–H groups in total. The van der Waals surface area contributed by atoms with Crippen molar-refractivity contribution in [2.45, 2.75) is 45.4 Å². The molecule has 1 nitrogen and oxygen atoms in total. The highest BCUT2D eigenvalue weighted by atomic mass is 19.2. The van der Waals surface area contributed by atoms with Crippen LogP contribution >= 0.6 is 0 Å². The van der Waals surface area contributed by atoms with Gasteiger partial charge in [0.1, 0.15) is 5.82 Å². The third-order valence-corrected chi connectivity index (χ3v) is 2.88. The molecule has 0 amide bonds. The van der Waals surface area contributed by atoms with E-state index in [0.29, 0.717) is 19.4 Å². The molecule has 0 radical (unpaired) electrons. The minimum absolute atomic E-state index is 0.176. The van der Waals surface area contributed by atoms with E-state index in [-0.39, 0.29) is 11.1 Å². The van der Waals surface area contributed by atoms with E-state index in [9.17, 15) is 13.2 Å². The number of rotatable bonds is 4. The lowest BCUT2D eigenvalue weighted by Gasteiger charge is -2.22. The summed E-state index contributed by atoms with van der Waals surface area (Å²) < 4.78 is 41.4. The molecule has 1 aromatic rings. The van der Waals surface area contributed by atoms with Crippen LogP contribution < -0.4 is 5.73 Å². The lowest BCUT2D eigenvalue weighted by Crippen LogP contribution is -2.19. The molecule has 0 saturated carbocycles. The molecule has 0 unspecified atom stereocenters. The molecule has 18 heavy (non-hydrogen) atoms. The summed E-state index contributed by atoms with van der Waals surface area (Å²) in [6, 6.07) is 0.955. The van der Waals surface area contributed by atoms with Crippen LogP contribution in [0.2, 0.25) is 0 Å². The summed E-state index contributed by atoms with van der Waals surface area (Å²) >= 11 is 0. The largest absolute Gasteiger partial charge is 0.330 e. The van der Waals surface area contributed by atoms with Crippen LogP contribution in [0.15, 0.2) is 6.07 Å². The molecule has 1 rings (SSSR count). The third kappa shape index (κ3) is 3.25. The van der Waals surface area contributed by atoms with Crippen LogP contribution in [0, 0.1) is 17.5 Å². The molecule has 0 aliphatic rings. The molecular weight excluding hydrogens is 239 g/mol. The first-order valence-electron chi connectivity index (χ1n) is 6.16. The first-order valence-corrected chi connectivity index (χ1v) is 6.16. The van der Waals surface area contributed by atoms with E-state index in [2.05, 4.69) is 0 Å². The summed E-state index contributed by atoms with van der Waals surface area (Å²) in [5, 5.41) is 0. The summed E-state index contributed by atoms with van der Waals surface area (Å²) in [6.07, 6.45) is 1.79. The second kappa shape index (κ2) is 5.74. The summed E-state index contributed by atoms with van der Waals surface area (Å²) in [5.74, 6) is -2.69. The predicted molar refractivity (Wildman–Crippen MR) is 67.0 cm³/mol. The Bertz CT molecular complexity index is 422. The van der Waals surface area contributed by atoms with Crippen molar-refractivity contribution in [3.8, 4) is 0 Å². The first kappa shape index (κ1) is 15.0. The van der Waals surface area contributed by atoms with Crippen LogP contribution in [-0.4, -0.2) is 6.54 Å². The van der Waals surface area contributed by atoms with E-state index < -0.39 is 22.9 Å². The molecule has 0 spiro atoms. The van der Waals surface area contributed by atoms with Crippen molar-refractivity contribution >= 4 is 0 Å². The molecule has 4 heteroatoms. The van der Waals surface area contributed by atoms with Gasteiger partial charge in [-0.05, 0) is 42.9 Å². The Labute approximate surface area is 106 Å². The van der Waals surface area contributed by atoms with Crippen molar-refractivity contribution in [1.82, 2.24) is 0 Å². The maximum absolute atomic E-state index is 14.2. The molecule has 102 valence electrons. The number of hydrogen-bond acceptors (Lipinski definition) is 1. The van der Waals surface area contributed by atoms with Crippen LogP contribution in [-0.2, 0) is 11.8 Å². The normalized spacial score (nSPS) is 11.9. The highest BCUT2D eigenvalue weighted by Gasteiger charge is 2.27. The average Bonchev–Trinajstić information content (AvgIpc) is 2.24. The Kier molecular flexibility index (Phi) is 4.79. The van der Waals surface area contributed by atoms with E-state index >= 15 is 0 Å². The monoisotopic (exact) mass is 259 g/mol. The maximum atomic E-state index is 14.2. The third-order valence-electron chi connectivity index (χ3n) is 2.88. The zero-order valence-corrected chi connectivity index (χ0v) is 11.1. The lowest BCUT2D eigenvalue weighted by molar-refractivity contribution is 0.430. The maximum Gasteiger partial charge on any atom is 0.165 e. The van der Waals surface area contributed by atoms with E-state index in [0.717, 1.165) is 12.5 Å². The quantitative estimate of drug-likeness (QED) is 0.647. The fourth-order valence-electron chi connectivity index (χ4n) is 1.96. The molecule has 0 bridgehead atoms. The smallest absolute Gasteiger partial charge is 0.165 e. The second-order valence-electron chi connectivity index (χ2n) is 5.52. The van der Waals surface area contributed by atoms with E-state index in [4.69, 9.17) is 5.73 Å². The zero-order chi connectivity index (χ0) is 13.9. The molecule has 0 aliphatic heterocycles. The Hall–Kier alpha value is -1.03. The first-order chi connectivity index (χ1) is 8.29. The highest BCUT2D eigenvalue weighted by Crippen LogP contribution is 2.31. The van der Waals surface area contributed by atoms with Gasteiger partial charge >= 0.3 is 0 Å². The Morgan fingerprint density at radius 2 is 1.67 bits per heavy atom. The average molecular weight is 259 g/mol. The number of benzene rings is 1. The Morgan fingerprint density at radius 3 is 2.17 bits per heavy atom. The van der Waals surface area contributed by atoms with Gasteiger partial charge in [0.05, 0.1) is 0 Å². The van der Waals surface area contributed by atoms with Gasteiger partial charge in [-0.2, -0.15) is 0 Å². The molecule has 1 aromatic carbocycles. The molecular formula is C14H20F3N. The summed E-state index contributed by atoms with van der Waals surface area (Å²) in [5.41, 5.74) is 4.64. The summed E-state index contributed by atoms with van der Waals surface area (Å²) in [7, 11) is 0. The van der Waals surface area contributed by atoms with Crippen molar-refractivity contribution in [2.24, 2.45) is 5.73 Å². The van der Waals surface area contributed by atoms with Gasteiger partial charge < -0.3 is 5.73 Å². The Morgan fingerprint density at radius 1 is 1.06 bits per heavy atom. The topological polar surface area (TPSA) is 26.0 Å². The van der Waals surface area contributed by atoms with Crippen molar-refractivity contribution in [3.05, 3.63) is 34.6 Å². The number of unbranched alkanes of at least 4 members (excludes halogenated alkanes) is 1. The van der Waals surface area contributed by atoms with Gasteiger partial charge in [-0.15, -0.1) is 0 Å². The van der Waals surface area contributed by atoms with Crippen molar-refractivity contribution in [3.63, 3.8) is 0 Å². The van der Waals surface area contributed by atoms with Crippen LogP contribution in [0.1, 0.15) is 44.7 Å². The summed E-state index contributed by atoms with van der Waals surface area (Å²) in [4.78, 5) is 0. The van der Waals surface area contributed by atoms with Crippen LogP contribution in [0.25, 0.3) is 0 Å². The van der Waals surface area contributed by atoms with Gasteiger partial charge in [-0.3, -0.25) is 0 Å². The molecule has 0 aromatic heterocycles. The van der Waals surface area contributed by atoms with Gasteiger partial charge in [-0.1, -0.05) is 20.8 Å². The van der Waals surface area contributed by atoms with Crippen LogP contribution in [0.4, 0.5) is 13.2 Å². The van der Waals surface area contributed by atoms with Gasteiger partial charge in [0.2, 0.25) is 0 Å². The number of hydrogen-bond donors (Lipinski definition) is 1. The van der Waals surface area contributed by atoms with E-state index in [1.54, 1.807) is 20.8 Å². The number of aryl methyl sites for hydroxylation is 1. The van der Waals surface area contributed by atoms with Gasteiger partial charge in [0, 0.05) is 5.56 Å². The predicted octanol–water partition coefficient (Wildman–Crippen LogP) is 3.68. The molecule has 0 aliphatic carbocycles. The fourth-order valence-corrected chi connectivity index (χ4v) is 1.96. The zero-order valence-electron chi connectivity index (χ0n) is 11.1. The summed E-state index contributed by atoms with van der Waals surface area (Å²) in [6.45, 7) is 5.50. The SMILES string of the molecule is CC(C)(C)c1c(F)c(F)cc(CCCCN)c1F. The van der Waals surface area contributed by atoms with E-state index in [1.165, 1.54) is 0 Å². The molecule has 0 heterocycles. The molecule has 0 fully saturated rings. The standard InChI is InChI=1S/C14H20F3N/c1-14(2,3)11-12(16)9(6-4-5-7-18)8-10(15)13(11)17/h8H,4-7,18H2,1-3H3. The number of nitrogens with two attached hydrogens (primary N) is 1. The fraction of sp³-hybridized carbons (Fsp3) is 0.571. The lowest BCUT2D eigenvalue weighted by atomic mass is 9.84. The Balaban J connectivity index is 3.18. The van der Waals surface area contributed by atoms with E-state index in [1.807, 2.05) is 0 Å². The molecule has 0 atom stereocenters. The van der Waals surface area contributed by atoms with Gasteiger partial charge in [0.25, 0.3) is 0 Å². The van der Waals surface area contributed by atoms with Crippen molar-refractivity contribution in [1.29, 1.82) is 0 Å². The highest BCUT2D eigenvalue weighted by molar-refractivity contribution is 5.33. The van der Waals surface area contributed by atoms with Crippen molar-refractivity contribution in [2.75, 3.05) is 6.54 Å². The minimum Gasteiger partial charge on any atom is -0.330 e. The van der Waals surface area contributed by atoms with Crippen LogP contribution in [0.3, 0.4) is 0 Å². The molecule has 0 saturated heterocycles. The van der Waals surface area contributed by atoms with Crippen molar-refractivity contribution < 1.29 is 13.2 Å².